The van der Waals surface area contributed by atoms with E-state index in [0.717, 1.165) is 20.8 Å². The van der Waals surface area contributed by atoms with Crippen LogP contribution < -0.4 is 5.32 Å². The second-order valence-corrected chi connectivity index (χ2v) is 7.22. The van der Waals surface area contributed by atoms with Gasteiger partial charge < -0.3 is 5.32 Å². The van der Waals surface area contributed by atoms with Crippen molar-refractivity contribution in [3.63, 3.8) is 0 Å². The second-order valence-electron chi connectivity index (χ2n) is 6.19. The molecule has 3 aromatic carbocycles. The number of para-hydroxylation sites is 2. The first kappa shape index (κ1) is 17.8. The van der Waals surface area contributed by atoms with E-state index >= 15 is 0 Å². The van der Waals surface area contributed by atoms with E-state index in [9.17, 15) is 14.9 Å². The van der Waals surface area contributed by atoms with Crippen LogP contribution in [0.3, 0.4) is 0 Å². The summed E-state index contributed by atoms with van der Waals surface area (Å²) >= 11 is 1.55. The fourth-order valence-corrected chi connectivity index (χ4v) is 4.03. The number of thiazole rings is 1. The summed E-state index contributed by atoms with van der Waals surface area (Å²) in [7, 11) is 0. The Bertz CT molecular complexity index is 1180. The lowest BCUT2D eigenvalue weighted by molar-refractivity contribution is -0.385. The van der Waals surface area contributed by atoms with Crippen molar-refractivity contribution in [3.05, 3.63) is 88.0 Å². The molecule has 4 rings (SSSR count). The Hall–Kier alpha value is -3.58. The lowest BCUT2D eigenvalue weighted by Gasteiger charge is -2.11. The number of nitrogens with one attached hydrogen (secondary N) is 1. The van der Waals surface area contributed by atoms with Gasteiger partial charge in [0.2, 0.25) is 0 Å². The maximum atomic E-state index is 12.8. The molecule has 1 N–H and O–H groups in total. The predicted octanol–water partition coefficient (Wildman–Crippen LogP) is 5.43. The van der Waals surface area contributed by atoms with E-state index in [4.69, 9.17) is 0 Å². The summed E-state index contributed by atoms with van der Waals surface area (Å²) in [6.07, 6.45) is 0. The third-order valence-electron chi connectivity index (χ3n) is 4.45. The molecule has 0 saturated carbocycles. The number of hydrogen-bond acceptors (Lipinski definition) is 5. The van der Waals surface area contributed by atoms with Crippen molar-refractivity contribution < 1.29 is 9.72 Å². The molecule has 6 nitrogen and oxygen atoms in total. The molecule has 0 aliphatic rings. The van der Waals surface area contributed by atoms with Gasteiger partial charge in [-0.15, -0.1) is 11.3 Å². The standard InChI is InChI=1S/C21H15N3O3S/c1-13-14(8-6-11-18(13)24(26)27)20(25)22-16-9-3-2-7-15(16)21-23-17-10-4-5-12-19(17)28-21/h2-12H,1H3,(H,22,25). The predicted molar refractivity (Wildman–Crippen MR) is 111 cm³/mol. The molecule has 28 heavy (non-hydrogen) atoms. The highest BCUT2D eigenvalue weighted by Gasteiger charge is 2.19. The van der Waals surface area contributed by atoms with Crippen LogP contribution in [0, 0.1) is 17.0 Å². The van der Waals surface area contributed by atoms with E-state index in [2.05, 4.69) is 10.3 Å². The maximum Gasteiger partial charge on any atom is 0.273 e. The number of nitro benzene ring substituents is 1. The number of rotatable bonds is 4. The van der Waals surface area contributed by atoms with E-state index in [1.165, 1.54) is 12.1 Å². The zero-order chi connectivity index (χ0) is 19.7. The first-order valence-corrected chi connectivity index (χ1v) is 9.36. The van der Waals surface area contributed by atoms with Gasteiger partial charge in [-0.1, -0.05) is 30.3 Å². The van der Waals surface area contributed by atoms with Crippen LogP contribution in [0.2, 0.25) is 0 Å². The zero-order valence-electron chi connectivity index (χ0n) is 14.9. The fraction of sp³-hybridized carbons (Fsp3) is 0.0476. The number of aromatic nitrogens is 1. The number of hydrogen-bond donors (Lipinski definition) is 1. The summed E-state index contributed by atoms with van der Waals surface area (Å²) in [6.45, 7) is 1.58. The molecular weight excluding hydrogens is 374 g/mol. The van der Waals surface area contributed by atoms with Crippen LogP contribution in [-0.4, -0.2) is 15.8 Å². The second kappa shape index (κ2) is 7.21. The van der Waals surface area contributed by atoms with E-state index in [-0.39, 0.29) is 11.3 Å². The molecule has 0 aliphatic carbocycles. The Labute approximate surface area is 164 Å². The van der Waals surface area contributed by atoms with E-state index in [0.29, 0.717) is 11.3 Å². The number of fused-ring (bicyclic) bond motifs is 1. The molecule has 0 bridgehead atoms. The molecular formula is C21H15N3O3S. The van der Waals surface area contributed by atoms with Crippen LogP contribution >= 0.6 is 11.3 Å². The largest absolute Gasteiger partial charge is 0.321 e. The van der Waals surface area contributed by atoms with Crippen LogP contribution in [-0.2, 0) is 0 Å². The maximum absolute atomic E-state index is 12.8. The Balaban J connectivity index is 1.71. The molecule has 0 saturated heterocycles. The van der Waals surface area contributed by atoms with Crippen LogP contribution in [0.15, 0.2) is 66.7 Å². The minimum atomic E-state index is -0.485. The normalized spacial score (nSPS) is 10.8. The Morgan fingerprint density at radius 2 is 1.79 bits per heavy atom. The van der Waals surface area contributed by atoms with Gasteiger partial charge in [-0.25, -0.2) is 4.98 Å². The summed E-state index contributed by atoms with van der Waals surface area (Å²) in [5.41, 5.74) is 2.85. The summed E-state index contributed by atoms with van der Waals surface area (Å²) in [6, 6.07) is 19.7. The number of amides is 1. The van der Waals surface area contributed by atoms with Gasteiger partial charge in [0.25, 0.3) is 11.6 Å². The summed E-state index contributed by atoms with van der Waals surface area (Å²) in [4.78, 5) is 28.1. The fourth-order valence-electron chi connectivity index (χ4n) is 3.02. The Morgan fingerprint density at radius 1 is 1.04 bits per heavy atom. The number of nitrogens with zero attached hydrogens (tertiary/aromatic N) is 2. The van der Waals surface area contributed by atoms with Crippen LogP contribution in [0.25, 0.3) is 20.8 Å². The number of carbonyl (C=O) groups is 1. The Morgan fingerprint density at radius 3 is 2.57 bits per heavy atom. The van der Waals surface area contributed by atoms with E-state index < -0.39 is 10.8 Å². The smallest absolute Gasteiger partial charge is 0.273 e. The van der Waals surface area contributed by atoms with Crippen molar-refractivity contribution in [1.82, 2.24) is 4.98 Å². The summed E-state index contributed by atoms with van der Waals surface area (Å²) in [5.74, 6) is -0.394. The molecule has 1 heterocycles. The van der Waals surface area contributed by atoms with Gasteiger partial charge in [-0.3, -0.25) is 14.9 Å². The molecule has 1 amide bonds. The summed E-state index contributed by atoms with van der Waals surface area (Å²) < 4.78 is 1.06. The van der Waals surface area contributed by atoms with Crippen molar-refractivity contribution >= 4 is 38.8 Å². The van der Waals surface area contributed by atoms with Gasteiger partial charge >= 0.3 is 0 Å². The van der Waals surface area contributed by atoms with Gasteiger partial charge in [0.1, 0.15) is 5.01 Å². The molecule has 0 radical (unpaired) electrons. The molecule has 0 spiro atoms. The first-order chi connectivity index (χ1) is 13.5. The molecule has 0 aliphatic heterocycles. The number of benzene rings is 3. The molecule has 0 unspecified atom stereocenters. The van der Waals surface area contributed by atoms with Gasteiger partial charge in [0, 0.05) is 22.8 Å². The van der Waals surface area contributed by atoms with Crippen molar-refractivity contribution in [3.8, 4) is 10.6 Å². The number of nitro groups is 1. The van der Waals surface area contributed by atoms with Crippen LogP contribution in [0.5, 0.6) is 0 Å². The van der Waals surface area contributed by atoms with E-state index in [1.54, 1.807) is 30.4 Å². The van der Waals surface area contributed by atoms with Gasteiger partial charge in [0.05, 0.1) is 20.8 Å². The van der Waals surface area contributed by atoms with Gasteiger partial charge in [-0.2, -0.15) is 0 Å². The van der Waals surface area contributed by atoms with Crippen molar-refractivity contribution in [1.29, 1.82) is 0 Å². The van der Waals surface area contributed by atoms with Gasteiger partial charge in [0.15, 0.2) is 0 Å². The summed E-state index contributed by atoms with van der Waals surface area (Å²) in [5, 5.41) is 14.8. The van der Waals surface area contributed by atoms with Crippen LogP contribution in [0.4, 0.5) is 11.4 Å². The highest BCUT2D eigenvalue weighted by molar-refractivity contribution is 7.21. The average Bonchev–Trinajstić information content (AvgIpc) is 3.12. The quantitative estimate of drug-likeness (QED) is 0.372. The van der Waals surface area contributed by atoms with Crippen molar-refractivity contribution in [2.45, 2.75) is 6.92 Å². The lowest BCUT2D eigenvalue weighted by atomic mass is 10.1. The number of carbonyl (C=O) groups excluding carboxylic acids is 1. The van der Waals surface area contributed by atoms with Gasteiger partial charge in [-0.05, 0) is 37.3 Å². The van der Waals surface area contributed by atoms with Crippen LogP contribution in [0.1, 0.15) is 15.9 Å². The van der Waals surface area contributed by atoms with E-state index in [1.807, 2.05) is 42.5 Å². The molecule has 138 valence electrons. The number of anilines is 1. The highest BCUT2D eigenvalue weighted by atomic mass is 32.1. The first-order valence-electron chi connectivity index (χ1n) is 8.55. The third kappa shape index (κ3) is 3.23. The molecule has 7 heteroatoms. The lowest BCUT2D eigenvalue weighted by Crippen LogP contribution is -2.14. The topological polar surface area (TPSA) is 85.1 Å². The third-order valence-corrected chi connectivity index (χ3v) is 5.52. The molecule has 0 atom stereocenters. The average molecular weight is 389 g/mol. The molecule has 4 aromatic rings. The highest BCUT2D eigenvalue weighted by Crippen LogP contribution is 2.34. The SMILES string of the molecule is Cc1c(C(=O)Nc2ccccc2-c2nc3ccccc3s2)cccc1[N+](=O)[O-]. The zero-order valence-corrected chi connectivity index (χ0v) is 15.7. The molecule has 1 aromatic heterocycles. The van der Waals surface area contributed by atoms with Crippen molar-refractivity contribution in [2.75, 3.05) is 5.32 Å². The minimum absolute atomic E-state index is 0.0768. The molecule has 0 fully saturated rings. The monoisotopic (exact) mass is 389 g/mol. The minimum Gasteiger partial charge on any atom is -0.321 e. The Kier molecular flexibility index (Phi) is 4.58. The van der Waals surface area contributed by atoms with Crippen molar-refractivity contribution in [2.24, 2.45) is 0 Å².